The predicted octanol–water partition coefficient (Wildman–Crippen LogP) is 2.90. The van der Waals surface area contributed by atoms with Crippen LogP contribution in [0.4, 0.5) is 0 Å². The monoisotopic (exact) mass is 286 g/mol. The molecular weight excluding hydrogens is 264 g/mol. The molecule has 1 aliphatic heterocycles. The minimum absolute atomic E-state index is 0.0927. The summed E-state index contributed by atoms with van der Waals surface area (Å²) in [5, 5.41) is 8.69. The Morgan fingerprint density at radius 1 is 1.24 bits per heavy atom. The molecule has 3 heteroatoms. The van der Waals surface area contributed by atoms with Gasteiger partial charge in [0.25, 0.3) is 0 Å². The summed E-state index contributed by atoms with van der Waals surface area (Å²) in [4.78, 5) is 0. The lowest BCUT2D eigenvalue weighted by Gasteiger charge is -2.38. The first-order valence-corrected chi connectivity index (χ1v) is 7.80. The molecule has 2 aliphatic rings. The van der Waals surface area contributed by atoms with Crippen LogP contribution in [0.3, 0.4) is 0 Å². The molecule has 3 rings (SSSR count). The second kappa shape index (κ2) is 6.51. The Bertz CT molecular complexity index is 518. The largest absolute Gasteiger partial charge is 0.490 e. The third-order valence-electron chi connectivity index (χ3n) is 4.43. The number of aliphatic hydroxyl groups is 1. The van der Waals surface area contributed by atoms with Gasteiger partial charge in [-0.1, -0.05) is 24.7 Å². The number of ether oxygens (including phenoxy) is 2. The van der Waals surface area contributed by atoms with Crippen molar-refractivity contribution in [2.75, 3.05) is 13.2 Å². The van der Waals surface area contributed by atoms with E-state index in [9.17, 15) is 0 Å². The van der Waals surface area contributed by atoms with Crippen LogP contribution >= 0.6 is 0 Å². The second-order valence-corrected chi connectivity index (χ2v) is 5.96. The molecule has 0 radical (unpaired) electrons. The standard InChI is InChI=1S/C18H22O3/c19-12-3-4-15-5-7-16(8-6-15)21-17-9-13-20-18(14-17)10-1-2-11-18/h5-8,17,19H,1-2,9-14H2. The molecule has 1 N–H and O–H groups in total. The van der Waals surface area contributed by atoms with E-state index in [0.717, 1.165) is 30.8 Å². The summed E-state index contributed by atoms with van der Waals surface area (Å²) in [5.74, 6) is 6.43. The topological polar surface area (TPSA) is 38.7 Å². The Morgan fingerprint density at radius 2 is 2.00 bits per heavy atom. The van der Waals surface area contributed by atoms with Crippen molar-refractivity contribution >= 4 is 0 Å². The fraction of sp³-hybridized carbons (Fsp3) is 0.556. The smallest absolute Gasteiger partial charge is 0.119 e. The summed E-state index contributed by atoms with van der Waals surface area (Å²) >= 11 is 0. The van der Waals surface area contributed by atoms with Crippen molar-refractivity contribution < 1.29 is 14.6 Å². The normalized spacial score (nSPS) is 23.6. The molecular formula is C18H22O3. The van der Waals surface area contributed by atoms with Gasteiger partial charge in [0.15, 0.2) is 0 Å². The van der Waals surface area contributed by atoms with Crippen LogP contribution in [-0.2, 0) is 4.74 Å². The van der Waals surface area contributed by atoms with Gasteiger partial charge in [-0.15, -0.1) is 0 Å². The Balaban J connectivity index is 1.60. The molecule has 0 aromatic heterocycles. The van der Waals surface area contributed by atoms with Crippen molar-refractivity contribution in [2.45, 2.75) is 50.2 Å². The summed E-state index contributed by atoms with van der Waals surface area (Å²) < 4.78 is 12.2. The van der Waals surface area contributed by atoms with Crippen LogP contribution in [0.5, 0.6) is 5.75 Å². The maximum absolute atomic E-state index is 8.69. The van der Waals surface area contributed by atoms with Gasteiger partial charge in [0.1, 0.15) is 18.5 Å². The summed E-state index contributed by atoms with van der Waals surface area (Å²) in [6, 6.07) is 7.78. The molecule has 1 aromatic carbocycles. The third-order valence-corrected chi connectivity index (χ3v) is 4.43. The first-order chi connectivity index (χ1) is 10.3. The number of hydrogen-bond donors (Lipinski definition) is 1. The number of rotatable bonds is 2. The summed E-state index contributed by atoms with van der Waals surface area (Å²) in [6.45, 7) is 0.702. The van der Waals surface area contributed by atoms with Gasteiger partial charge in [0.05, 0.1) is 12.2 Å². The average Bonchev–Trinajstić information content (AvgIpc) is 2.94. The van der Waals surface area contributed by atoms with E-state index in [0.29, 0.717) is 0 Å². The van der Waals surface area contributed by atoms with Gasteiger partial charge in [-0.3, -0.25) is 0 Å². The van der Waals surface area contributed by atoms with Gasteiger partial charge < -0.3 is 14.6 Å². The average molecular weight is 286 g/mol. The maximum Gasteiger partial charge on any atom is 0.119 e. The van der Waals surface area contributed by atoms with Crippen LogP contribution in [0, 0.1) is 11.8 Å². The number of benzene rings is 1. The summed E-state index contributed by atoms with van der Waals surface area (Å²) in [5.41, 5.74) is 0.991. The van der Waals surface area contributed by atoms with Gasteiger partial charge in [-0.05, 0) is 37.1 Å². The van der Waals surface area contributed by atoms with Crippen LogP contribution < -0.4 is 4.74 Å². The minimum Gasteiger partial charge on any atom is -0.490 e. The zero-order valence-corrected chi connectivity index (χ0v) is 12.3. The first-order valence-electron chi connectivity index (χ1n) is 7.80. The molecule has 1 unspecified atom stereocenters. The van der Waals surface area contributed by atoms with E-state index in [1.54, 1.807) is 0 Å². The number of aliphatic hydroxyl groups excluding tert-OH is 1. The zero-order valence-electron chi connectivity index (χ0n) is 12.3. The van der Waals surface area contributed by atoms with E-state index in [1.807, 2.05) is 24.3 Å². The van der Waals surface area contributed by atoms with Crippen LogP contribution in [-0.4, -0.2) is 30.0 Å². The van der Waals surface area contributed by atoms with Crippen LogP contribution in [0.1, 0.15) is 44.1 Å². The fourth-order valence-electron chi connectivity index (χ4n) is 3.40. The molecule has 1 aromatic rings. The van der Waals surface area contributed by atoms with E-state index in [1.165, 1.54) is 25.7 Å². The molecule has 112 valence electrons. The first kappa shape index (κ1) is 14.4. The highest BCUT2D eigenvalue weighted by Crippen LogP contribution is 2.40. The van der Waals surface area contributed by atoms with Crippen molar-refractivity contribution in [1.29, 1.82) is 0 Å². The highest BCUT2D eigenvalue weighted by molar-refractivity contribution is 5.38. The van der Waals surface area contributed by atoms with Gasteiger partial charge in [-0.25, -0.2) is 0 Å². The Morgan fingerprint density at radius 3 is 2.71 bits per heavy atom. The van der Waals surface area contributed by atoms with Crippen molar-refractivity contribution in [3.05, 3.63) is 29.8 Å². The van der Waals surface area contributed by atoms with Crippen LogP contribution in [0.2, 0.25) is 0 Å². The van der Waals surface area contributed by atoms with Crippen molar-refractivity contribution in [3.63, 3.8) is 0 Å². The lowest BCUT2D eigenvalue weighted by Crippen LogP contribution is -2.41. The Labute approximate surface area is 126 Å². The second-order valence-electron chi connectivity index (χ2n) is 5.96. The van der Waals surface area contributed by atoms with Crippen molar-refractivity contribution in [2.24, 2.45) is 0 Å². The molecule has 0 bridgehead atoms. The molecule has 1 aliphatic carbocycles. The zero-order chi connectivity index (χ0) is 14.5. The van der Waals surface area contributed by atoms with Crippen molar-refractivity contribution in [3.8, 4) is 17.6 Å². The highest BCUT2D eigenvalue weighted by atomic mass is 16.5. The molecule has 1 atom stereocenters. The molecule has 2 fully saturated rings. The molecule has 1 saturated heterocycles. The van der Waals surface area contributed by atoms with E-state index in [2.05, 4.69) is 11.8 Å². The molecule has 1 saturated carbocycles. The summed E-state index contributed by atoms with van der Waals surface area (Å²) in [6.07, 6.45) is 7.17. The van der Waals surface area contributed by atoms with E-state index in [4.69, 9.17) is 14.6 Å². The molecule has 1 spiro atoms. The molecule has 1 heterocycles. The third kappa shape index (κ3) is 3.58. The fourth-order valence-corrected chi connectivity index (χ4v) is 3.40. The van der Waals surface area contributed by atoms with Gasteiger partial charge in [0, 0.05) is 18.4 Å². The van der Waals surface area contributed by atoms with E-state index >= 15 is 0 Å². The van der Waals surface area contributed by atoms with Gasteiger partial charge >= 0.3 is 0 Å². The van der Waals surface area contributed by atoms with Crippen molar-refractivity contribution in [1.82, 2.24) is 0 Å². The number of hydrogen-bond acceptors (Lipinski definition) is 3. The van der Waals surface area contributed by atoms with Crippen LogP contribution in [0.15, 0.2) is 24.3 Å². The minimum atomic E-state index is -0.109. The lowest BCUT2D eigenvalue weighted by molar-refractivity contribution is -0.108. The summed E-state index contributed by atoms with van der Waals surface area (Å²) in [7, 11) is 0. The maximum atomic E-state index is 8.69. The lowest BCUT2D eigenvalue weighted by atomic mass is 9.90. The van der Waals surface area contributed by atoms with E-state index in [-0.39, 0.29) is 18.3 Å². The predicted molar refractivity (Wildman–Crippen MR) is 81.2 cm³/mol. The Kier molecular flexibility index (Phi) is 4.48. The molecule has 3 nitrogen and oxygen atoms in total. The molecule has 21 heavy (non-hydrogen) atoms. The quantitative estimate of drug-likeness (QED) is 0.850. The Hall–Kier alpha value is -1.50. The van der Waals surface area contributed by atoms with Gasteiger partial charge in [-0.2, -0.15) is 0 Å². The SMILES string of the molecule is OCC#Cc1ccc(OC2CCOC3(CCCC3)C2)cc1. The van der Waals surface area contributed by atoms with Crippen LogP contribution in [0.25, 0.3) is 0 Å². The van der Waals surface area contributed by atoms with E-state index < -0.39 is 0 Å². The van der Waals surface area contributed by atoms with Gasteiger partial charge in [0.2, 0.25) is 0 Å². The molecule has 0 amide bonds. The highest BCUT2D eigenvalue weighted by Gasteiger charge is 2.40.